The second-order valence-corrected chi connectivity index (χ2v) is 8.40. The fraction of sp³-hybridized carbons (Fsp3) is 0.0323. The van der Waals surface area contributed by atoms with E-state index in [-0.39, 0.29) is 0 Å². The smallest absolute Gasteiger partial charge is 0.0561 e. The number of benzene rings is 5. The lowest BCUT2D eigenvalue weighted by molar-refractivity contribution is 1.17. The van der Waals surface area contributed by atoms with Crippen LogP contribution in [0.4, 0.5) is 17.1 Å². The van der Waals surface area contributed by atoms with E-state index in [9.17, 15) is 0 Å². The predicted octanol–water partition coefficient (Wildman–Crippen LogP) is 8.56. The maximum Gasteiger partial charge on any atom is 0.0561 e. The number of rotatable bonds is 4. The van der Waals surface area contributed by atoms with Gasteiger partial charge in [-0.25, -0.2) is 0 Å². The van der Waals surface area contributed by atoms with Gasteiger partial charge in [-0.3, -0.25) is 0 Å². The van der Waals surface area contributed by atoms with Crippen molar-refractivity contribution in [3.05, 3.63) is 133 Å². The molecule has 1 aromatic heterocycles. The van der Waals surface area contributed by atoms with Crippen LogP contribution in [0.1, 0.15) is 5.56 Å². The van der Waals surface area contributed by atoms with Gasteiger partial charge in [-0.2, -0.15) is 0 Å². The number of hydrogen-bond donors (Lipinski definition) is 0. The molecule has 0 aliphatic carbocycles. The summed E-state index contributed by atoms with van der Waals surface area (Å²) in [5.74, 6) is 0. The summed E-state index contributed by atoms with van der Waals surface area (Å²) in [5, 5.41) is 2.53. The normalized spacial score (nSPS) is 11.2. The van der Waals surface area contributed by atoms with Crippen LogP contribution in [-0.4, -0.2) is 4.57 Å². The Morgan fingerprint density at radius 1 is 0.485 bits per heavy atom. The van der Waals surface area contributed by atoms with Crippen LogP contribution in [-0.2, 0) is 0 Å². The maximum absolute atomic E-state index is 2.38. The van der Waals surface area contributed by atoms with E-state index in [2.05, 4.69) is 144 Å². The molecule has 158 valence electrons. The Hall–Kier alpha value is -4.30. The van der Waals surface area contributed by atoms with Crippen LogP contribution in [0.25, 0.3) is 27.5 Å². The molecule has 0 bridgehead atoms. The molecule has 6 aromatic rings. The van der Waals surface area contributed by atoms with Gasteiger partial charge in [0.15, 0.2) is 0 Å². The van der Waals surface area contributed by atoms with Crippen LogP contribution in [0.2, 0.25) is 0 Å². The Morgan fingerprint density at radius 3 is 1.73 bits per heavy atom. The van der Waals surface area contributed by atoms with Crippen LogP contribution >= 0.6 is 0 Å². The van der Waals surface area contributed by atoms with E-state index in [4.69, 9.17) is 0 Å². The lowest BCUT2D eigenvalue weighted by Gasteiger charge is -2.25. The van der Waals surface area contributed by atoms with E-state index in [1.54, 1.807) is 0 Å². The topological polar surface area (TPSA) is 8.17 Å². The second-order valence-electron chi connectivity index (χ2n) is 8.40. The van der Waals surface area contributed by atoms with Gasteiger partial charge in [0, 0.05) is 33.5 Å². The van der Waals surface area contributed by atoms with Gasteiger partial charge in [-0.1, -0.05) is 78.4 Å². The third-order valence-electron chi connectivity index (χ3n) is 6.24. The zero-order valence-corrected chi connectivity index (χ0v) is 18.5. The fourth-order valence-corrected chi connectivity index (χ4v) is 4.67. The predicted molar refractivity (Wildman–Crippen MR) is 140 cm³/mol. The van der Waals surface area contributed by atoms with Gasteiger partial charge < -0.3 is 9.47 Å². The average molecular weight is 425 g/mol. The summed E-state index contributed by atoms with van der Waals surface area (Å²) in [6.07, 6.45) is 0. The summed E-state index contributed by atoms with van der Waals surface area (Å²) in [5.41, 5.74) is 8.28. The number of aryl methyl sites for hydroxylation is 1. The molecule has 0 radical (unpaired) electrons. The highest BCUT2D eigenvalue weighted by molar-refractivity contribution is 6.10. The highest BCUT2D eigenvalue weighted by atomic mass is 15.1. The minimum Gasteiger partial charge on any atom is -0.310 e. The minimum atomic E-state index is 1.14. The number of nitrogens with zero attached hydrogens (tertiary/aromatic N) is 2. The zero-order chi connectivity index (χ0) is 22.2. The van der Waals surface area contributed by atoms with Gasteiger partial charge in [0.05, 0.1) is 11.0 Å². The van der Waals surface area contributed by atoms with Crippen LogP contribution in [0.3, 0.4) is 0 Å². The second kappa shape index (κ2) is 7.99. The van der Waals surface area contributed by atoms with E-state index in [1.165, 1.54) is 33.1 Å². The molecule has 5 aromatic carbocycles. The van der Waals surface area contributed by atoms with Crippen molar-refractivity contribution in [3.8, 4) is 5.69 Å². The zero-order valence-electron chi connectivity index (χ0n) is 18.5. The van der Waals surface area contributed by atoms with E-state index < -0.39 is 0 Å². The molecule has 0 spiro atoms. The fourth-order valence-electron chi connectivity index (χ4n) is 4.67. The molecule has 2 heteroatoms. The van der Waals surface area contributed by atoms with Gasteiger partial charge in [-0.05, 0) is 61.5 Å². The van der Waals surface area contributed by atoms with Crippen molar-refractivity contribution >= 4 is 38.9 Å². The third-order valence-corrected chi connectivity index (χ3v) is 6.24. The first-order chi connectivity index (χ1) is 16.3. The third kappa shape index (κ3) is 3.37. The van der Waals surface area contributed by atoms with Crippen molar-refractivity contribution in [1.29, 1.82) is 0 Å². The van der Waals surface area contributed by atoms with Crippen molar-refractivity contribution in [2.75, 3.05) is 4.90 Å². The van der Waals surface area contributed by atoms with Crippen LogP contribution in [0, 0.1) is 6.92 Å². The largest absolute Gasteiger partial charge is 0.310 e. The van der Waals surface area contributed by atoms with Crippen LogP contribution in [0.15, 0.2) is 127 Å². The lowest BCUT2D eigenvalue weighted by Crippen LogP contribution is -2.09. The Morgan fingerprint density at radius 2 is 1.06 bits per heavy atom. The standard InChI is InChI=1S/C31H24N2/c1-23-16-18-26(19-17-23)33-30-15-9-8-14-28(30)29-21-20-27(22-31(29)33)32(24-10-4-2-5-11-24)25-12-6-3-7-13-25/h2-22H,1H3. The van der Waals surface area contributed by atoms with E-state index in [0.717, 1.165) is 17.1 Å². The maximum atomic E-state index is 2.38. The Labute approximate surface area is 194 Å². The molecule has 0 aliphatic heterocycles. The number of hydrogen-bond acceptors (Lipinski definition) is 1. The number of aromatic nitrogens is 1. The number of para-hydroxylation sites is 3. The Balaban J connectivity index is 1.64. The molecule has 33 heavy (non-hydrogen) atoms. The number of anilines is 3. The first-order valence-electron chi connectivity index (χ1n) is 11.3. The summed E-state index contributed by atoms with van der Waals surface area (Å²) < 4.78 is 2.38. The monoisotopic (exact) mass is 424 g/mol. The molecular formula is C31H24N2. The summed E-state index contributed by atoms with van der Waals surface area (Å²) in [6, 6.07) is 45.4. The van der Waals surface area contributed by atoms with Crippen molar-refractivity contribution in [1.82, 2.24) is 4.57 Å². The summed E-state index contributed by atoms with van der Waals surface area (Å²) in [7, 11) is 0. The van der Waals surface area contributed by atoms with Crippen LogP contribution in [0.5, 0.6) is 0 Å². The summed E-state index contributed by atoms with van der Waals surface area (Å²) >= 11 is 0. The summed E-state index contributed by atoms with van der Waals surface area (Å²) in [4.78, 5) is 2.32. The highest BCUT2D eigenvalue weighted by Crippen LogP contribution is 2.39. The SMILES string of the molecule is Cc1ccc(-n2c3ccccc3c3ccc(N(c4ccccc4)c4ccccc4)cc32)cc1. The molecule has 6 rings (SSSR count). The Kier molecular flexibility index (Phi) is 4.70. The van der Waals surface area contributed by atoms with Gasteiger partial charge in [-0.15, -0.1) is 0 Å². The van der Waals surface area contributed by atoms with Gasteiger partial charge >= 0.3 is 0 Å². The highest BCUT2D eigenvalue weighted by Gasteiger charge is 2.16. The van der Waals surface area contributed by atoms with Crippen molar-refractivity contribution in [3.63, 3.8) is 0 Å². The van der Waals surface area contributed by atoms with Crippen molar-refractivity contribution in [2.24, 2.45) is 0 Å². The molecule has 1 heterocycles. The molecule has 0 atom stereocenters. The van der Waals surface area contributed by atoms with Crippen LogP contribution < -0.4 is 4.90 Å². The van der Waals surface area contributed by atoms with Gasteiger partial charge in [0.1, 0.15) is 0 Å². The lowest BCUT2D eigenvalue weighted by atomic mass is 10.1. The van der Waals surface area contributed by atoms with Gasteiger partial charge in [0.25, 0.3) is 0 Å². The molecule has 2 nitrogen and oxygen atoms in total. The molecule has 0 fully saturated rings. The van der Waals surface area contributed by atoms with Gasteiger partial charge in [0.2, 0.25) is 0 Å². The molecule has 0 saturated heterocycles. The first kappa shape index (κ1) is 19.4. The van der Waals surface area contributed by atoms with Crippen molar-refractivity contribution in [2.45, 2.75) is 6.92 Å². The summed E-state index contributed by atoms with van der Waals surface area (Å²) in [6.45, 7) is 2.13. The molecule has 0 amide bonds. The molecular weight excluding hydrogens is 400 g/mol. The van der Waals surface area contributed by atoms with Crippen molar-refractivity contribution < 1.29 is 0 Å². The first-order valence-corrected chi connectivity index (χ1v) is 11.3. The molecule has 0 N–H and O–H groups in total. The Bertz CT molecular complexity index is 1510. The van der Waals surface area contributed by atoms with E-state index in [1.807, 2.05) is 0 Å². The molecule has 0 unspecified atom stereocenters. The quantitative estimate of drug-likeness (QED) is 0.275. The van der Waals surface area contributed by atoms with E-state index in [0.29, 0.717) is 0 Å². The minimum absolute atomic E-state index is 1.14. The average Bonchev–Trinajstić information content (AvgIpc) is 3.20. The molecule has 0 aliphatic rings. The molecule has 0 saturated carbocycles. The number of fused-ring (bicyclic) bond motifs is 3. The van der Waals surface area contributed by atoms with E-state index >= 15 is 0 Å².